The molecular weight excluding hydrogens is 342 g/mol. The highest BCUT2D eigenvalue weighted by atomic mass is 32.2. The Labute approximate surface area is 142 Å². The maximum Gasteiger partial charge on any atom is 0.338 e. The molecule has 0 unspecified atom stereocenters. The first kappa shape index (κ1) is 18.5. The number of hydrogen-bond donors (Lipinski definition) is 0. The van der Waals surface area contributed by atoms with E-state index in [-0.39, 0.29) is 19.3 Å². The molecule has 24 heavy (non-hydrogen) atoms. The van der Waals surface area contributed by atoms with Crippen LogP contribution in [0.3, 0.4) is 0 Å². The van der Waals surface area contributed by atoms with Gasteiger partial charge in [0.1, 0.15) is 24.9 Å². The van der Waals surface area contributed by atoms with Crippen LogP contribution in [-0.4, -0.2) is 75.7 Å². The largest absolute Gasteiger partial charge is 0.343 e. The topological polar surface area (TPSA) is 92.8 Å². The summed E-state index contributed by atoms with van der Waals surface area (Å²) in [5, 5.41) is 0. The molecule has 0 aromatic rings. The van der Waals surface area contributed by atoms with Gasteiger partial charge in [-0.15, -0.1) is 0 Å². The van der Waals surface area contributed by atoms with E-state index >= 15 is 0 Å². The summed E-state index contributed by atoms with van der Waals surface area (Å²) in [5.74, 6) is -3.13. The summed E-state index contributed by atoms with van der Waals surface area (Å²) in [5.41, 5.74) is 0. The molecule has 10 heteroatoms. The Kier molecular flexibility index (Phi) is 4.29. The van der Waals surface area contributed by atoms with Gasteiger partial charge in [0.15, 0.2) is 11.6 Å². The molecule has 0 saturated carbocycles. The molecule has 3 rings (SSSR count). The first-order valence-corrected chi connectivity index (χ1v) is 9.17. The van der Waals surface area contributed by atoms with E-state index in [2.05, 4.69) is 0 Å². The summed E-state index contributed by atoms with van der Waals surface area (Å²) in [6.07, 6.45) is -1.44. The van der Waals surface area contributed by atoms with Crippen LogP contribution >= 0.6 is 0 Å². The highest BCUT2D eigenvalue weighted by molar-refractivity contribution is 7.84. The average molecular weight is 367 g/mol. The predicted molar refractivity (Wildman–Crippen MR) is 81.1 cm³/mol. The summed E-state index contributed by atoms with van der Waals surface area (Å²) in [6.45, 7) is 6.92. The SMILES string of the molecule is CN(C)S(=O)(=O)OC[C@@]12OC[C@H]3OC(C)(C)O[C@H]3[C@@H]1OC(C)(C)O2. The minimum absolute atomic E-state index is 0.190. The summed E-state index contributed by atoms with van der Waals surface area (Å²) in [6, 6.07) is 0. The van der Waals surface area contributed by atoms with Crippen molar-refractivity contribution in [3.8, 4) is 0 Å². The van der Waals surface area contributed by atoms with E-state index in [1.165, 1.54) is 14.1 Å². The highest BCUT2D eigenvalue weighted by Gasteiger charge is 2.65. The Morgan fingerprint density at radius 3 is 2.38 bits per heavy atom. The highest BCUT2D eigenvalue weighted by Crippen LogP contribution is 2.47. The molecule has 140 valence electrons. The van der Waals surface area contributed by atoms with Crippen LogP contribution in [0.25, 0.3) is 0 Å². The van der Waals surface area contributed by atoms with E-state index in [1.54, 1.807) is 27.7 Å². The number of nitrogens with zero attached hydrogens (tertiary/aromatic N) is 1. The van der Waals surface area contributed by atoms with Crippen molar-refractivity contribution in [2.24, 2.45) is 0 Å². The molecule has 3 fully saturated rings. The predicted octanol–water partition coefficient (Wildman–Crippen LogP) is 0.208. The van der Waals surface area contributed by atoms with Crippen LogP contribution in [-0.2, 0) is 38.2 Å². The molecule has 0 spiro atoms. The number of ether oxygens (including phenoxy) is 5. The van der Waals surface area contributed by atoms with Crippen LogP contribution in [0.4, 0.5) is 0 Å². The molecule has 0 amide bonds. The summed E-state index contributed by atoms with van der Waals surface area (Å²) < 4.78 is 59.4. The van der Waals surface area contributed by atoms with Crippen molar-refractivity contribution >= 4 is 10.3 Å². The zero-order chi connectivity index (χ0) is 18.0. The molecule has 3 aliphatic rings. The quantitative estimate of drug-likeness (QED) is 0.696. The van der Waals surface area contributed by atoms with Gasteiger partial charge in [0.05, 0.1) is 6.61 Å². The van der Waals surface area contributed by atoms with Crippen LogP contribution in [0, 0.1) is 0 Å². The smallest absolute Gasteiger partial charge is 0.338 e. The van der Waals surface area contributed by atoms with E-state index in [0.717, 1.165) is 4.31 Å². The van der Waals surface area contributed by atoms with Crippen LogP contribution in [0.2, 0.25) is 0 Å². The van der Waals surface area contributed by atoms with Crippen molar-refractivity contribution in [1.82, 2.24) is 4.31 Å². The van der Waals surface area contributed by atoms with Gasteiger partial charge in [-0.25, -0.2) is 0 Å². The lowest BCUT2D eigenvalue weighted by molar-refractivity contribution is -0.290. The van der Waals surface area contributed by atoms with E-state index in [0.29, 0.717) is 0 Å². The maximum absolute atomic E-state index is 11.9. The minimum atomic E-state index is -3.88. The molecule has 0 radical (unpaired) electrons. The lowest BCUT2D eigenvalue weighted by Gasteiger charge is -2.40. The number of rotatable bonds is 4. The molecule has 3 heterocycles. The minimum Gasteiger partial charge on any atom is -0.343 e. The zero-order valence-electron chi connectivity index (χ0n) is 14.8. The average Bonchev–Trinajstić information content (AvgIpc) is 2.88. The second-order valence-electron chi connectivity index (χ2n) is 7.30. The molecule has 0 aliphatic carbocycles. The lowest BCUT2D eigenvalue weighted by atomic mass is 9.98. The van der Waals surface area contributed by atoms with Gasteiger partial charge in [0.25, 0.3) is 0 Å². The van der Waals surface area contributed by atoms with E-state index in [9.17, 15) is 8.42 Å². The Hall–Kier alpha value is -0.330. The zero-order valence-corrected chi connectivity index (χ0v) is 15.6. The summed E-state index contributed by atoms with van der Waals surface area (Å²) >= 11 is 0. The normalized spacial score (nSPS) is 40.5. The fraction of sp³-hybridized carbons (Fsp3) is 1.00. The standard InChI is InChI=1S/C14H25NO8S/c1-12(2)20-9-7-18-14(8-19-24(16,17)15(5)6)11(10(9)21-12)22-13(3,4)23-14/h9-11H,7-8H2,1-6H3/t9-,10-,11+,14+/m1/s1. The Morgan fingerprint density at radius 1 is 1.08 bits per heavy atom. The summed E-state index contributed by atoms with van der Waals surface area (Å²) in [4.78, 5) is 0. The van der Waals surface area contributed by atoms with Gasteiger partial charge in [-0.3, -0.25) is 4.18 Å². The van der Waals surface area contributed by atoms with Gasteiger partial charge in [0, 0.05) is 14.1 Å². The van der Waals surface area contributed by atoms with Crippen LogP contribution in [0.15, 0.2) is 0 Å². The Bertz CT molecular complexity index is 604. The summed E-state index contributed by atoms with van der Waals surface area (Å²) in [7, 11) is -1.11. The van der Waals surface area contributed by atoms with Gasteiger partial charge >= 0.3 is 10.3 Å². The number of fused-ring (bicyclic) bond motifs is 3. The van der Waals surface area contributed by atoms with Gasteiger partial charge in [-0.1, -0.05) is 0 Å². The van der Waals surface area contributed by atoms with Crippen molar-refractivity contribution in [1.29, 1.82) is 0 Å². The fourth-order valence-corrected chi connectivity index (χ4v) is 3.73. The van der Waals surface area contributed by atoms with E-state index in [1.807, 2.05) is 0 Å². The third-order valence-corrected chi connectivity index (χ3v) is 5.44. The monoisotopic (exact) mass is 367 g/mol. The van der Waals surface area contributed by atoms with Gasteiger partial charge in [-0.2, -0.15) is 12.7 Å². The second kappa shape index (κ2) is 5.58. The second-order valence-corrected chi connectivity index (χ2v) is 9.13. The third-order valence-electron chi connectivity index (χ3n) is 4.13. The maximum atomic E-state index is 11.9. The first-order valence-electron chi connectivity index (χ1n) is 7.80. The molecule has 0 N–H and O–H groups in total. The molecule has 3 saturated heterocycles. The molecule has 0 aromatic carbocycles. The Morgan fingerprint density at radius 2 is 1.75 bits per heavy atom. The van der Waals surface area contributed by atoms with E-state index in [4.69, 9.17) is 27.9 Å². The number of hydrogen-bond acceptors (Lipinski definition) is 8. The Balaban J connectivity index is 1.85. The van der Waals surface area contributed by atoms with E-state index < -0.39 is 39.9 Å². The molecule has 4 atom stereocenters. The van der Waals surface area contributed by atoms with Gasteiger partial charge in [-0.05, 0) is 27.7 Å². The first-order chi connectivity index (χ1) is 10.9. The third kappa shape index (κ3) is 3.21. The van der Waals surface area contributed by atoms with Crippen molar-refractivity contribution in [3.63, 3.8) is 0 Å². The fourth-order valence-electron chi connectivity index (χ4n) is 3.21. The van der Waals surface area contributed by atoms with Crippen molar-refractivity contribution in [2.45, 2.75) is 63.4 Å². The van der Waals surface area contributed by atoms with Crippen LogP contribution < -0.4 is 0 Å². The van der Waals surface area contributed by atoms with Crippen molar-refractivity contribution < 1.29 is 36.3 Å². The molecule has 0 aromatic heterocycles. The molecule has 3 aliphatic heterocycles. The van der Waals surface area contributed by atoms with Crippen molar-refractivity contribution in [3.05, 3.63) is 0 Å². The van der Waals surface area contributed by atoms with Gasteiger partial charge < -0.3 is 23.7 Å². The molecule has 0 bridgehead atoms. The molecule has 9 nitrogen and oxygen atoms in total. The molecular formula is C14H25NO8S. The lowest BCUT2D eigenvalue weighted by Crippen LogP contribution is -2.60. The van der Waals surface area contributed by atoms with Crippen LogP contribution in [0.1, 0.15) is 27.7 Å². The van der Waals surface area contributed by atoms with Gasteiger partial charge in [0.2, 0.25) is 5.79 Å². The van der Waals surface area contributed by atoms with Crippen molar-refractivity contribution in [2.75, 3.05) is 27.3 Å². The van der Waals surface area contributed by atoms with Crippen LogP contribution in [0.5, 0.6) is 0 Å².